The van der Waals surface area contributed by atoms with Gasteiger partial charge in [0, 0.05) is 0 Å². The second-order valence-electron chi connectivity index (χ2n) is 3.86. The molecule has 0 fully saturated rings. The van der Waals surface area contributed by atoms with Crippen LogP contribution in [-0.4, -0.2) is 22.2 Å². The second-order valence-corrected chi connectivity index (χ2v) is 3.86. The zero-order valence-corrected chi connectivity index (χ0v) is 9.71. The Balaban J connectivity index is 3.77. The second kappa shape index (κ2) is 3.96. The zero-order chi connectivity index (χ0) is 12.6. The Morgan fingerprint density at radius 1 is 0.688 bits per heavy atom. The molecule has 0 aliphatic rings. The van der Waals surface area contributed by atoms with E-state index in [4.69, 9.17) is 10.2 Å². The fourth-order valence-electron chi connectivity index (χ4n) is 1.95. The first kappa shape index (κ1) is 12.2. The van der Waals surface area contributed by atoms with Gasteiger partial charge in [-0.1, -0.05) is 0 Å². The van der Waals surface area contributed by atoms with E-state index in [1.165, 1.54) is 0 Å². The molecule has 0 aromatic heterocycles. The summed E-state index contributed by atoms with van der Waals surface area (Å²) in [5.41, 5.74) is 2.50. The molecule has 0 spiro atoms. The molecule has 1 aromatic rings. The molecule has 0 aliphatic heterocycles. The number of aromatic carboxylic acids is 2. The van der Waals surface area contributed by atoms with Gasteiger partial charge in [-0.2, -0.15) is 0 Å². The Morgan fingerprint density at radius 2 is 0.875 bits per heavy atom. The lowest BCUT2D eigenvalue weighted by Crippen LogP contribution is -2.13. The molecule has 0 saturated carbocycles. The minimum Gasteiger partial charge on any atom is -0.478 e. The van der Waals surface area contributed by atoms with Crippen molar-refractivity contribution in [2.24, 2.45) is 0 Å². The van der Waals surface area contributed by atoms with Crippen molar-refractivity contribution in [2.75, 3.05) is 0 Å². The minimum absolute atomic E-state index is 0.208. The fourth-order valence-corrected chi connectivity index (χ4v) is 1.95. The van der Waals surface area contributed by atoms with Crippen molar-refractivity contribution in [1.29, 1.82) is 0 Å². The standard InChI is InChI=1S/C12H14O4/c1-5-6(2)10(12(15)16)8(4)7(3)9(5)11(13)14/h1-4H3,(H,13,14)(H,15,16). The molecule has 0 aliphatic carbocycles. The highest BCUT2D eigenvalue weighted by atomic mass is 16.4. The third-order valence-electron chi connectivity index (χ3n) is 3.05. The quantitative estimate of drug-likeness (QED) is 0.805. The highest BCUT2D eigenvalue weighted by Gasteiger charge is 2.22. The number of benzene rings is 1. The summed E-state index contributed by atoms with van der Waals surface area (Å²) in [7, 11) is 0. The van der Waals surface area contributed by atoms with E-state index in [0.717, 1.165) is 0 Å². The molecule has 4 nitrogen and oxygen atoms in total. The molecular weight excluding hydrogens is 208 g/mol. The lowest BCUT2D eigenvalue weighted by molar-refractivity contribution is 0.0678. The van der Waals surface area contributed by atoms with Gasteiger partial charge in [0.25, 0.3) is 0 Å². The molecule has 2 N–H and O–H groups in total. The molecule has 1 aromatic carbocycles. The summed E-state index contributed by atoms with van der Waals surface area (Å²) in [5, 5.41) is 18.2. The van der Waals surface area contributed by atoms with Gasteiger partial charge in [0.05, 0.1) is 11.1 Å². The van der Waals surface area contributed by atoms with Gasteiger partial charge >= 0.3 is 11.9 Å². The number of hydrogen-bond donors (Lipinski definition) is 2. The molecule has 0 atom stereocenters. The van der Waals surface area contributed by atoms with Crippen LogP contribution in [0.5, 0.6) is 0 Å². The molecular formula is C12H14O4. The molecule has 0 amide bonds. The molecule has 0 heterocycles. The average molecular weight is 222 g/mol. The lowest BCUT2D eigenvalue weighted by atomic mass is 9.89. The van der Waals surface area contributed by atoms with Crippen molar-refractivity contribution in [2.45, 2.75) is 27.7 Å². The molecule has 0 saturated heterocycles. The van der Waals surface area contributed by atoms with E-state index in [1.54, 1.807) is 27.7 Å². The summed E-state index contributed by atoms with van der Waals surface area (Å²) >= 11 is 0. The first-order valence-corrected chi connectivity index (χ1v) is 4.86. The van der Waals surface area contributed by atoms with Gasteiger partial charge in [0.2, 0.25) is 0 Å². The number of rotatable bonds is 2. The Morgan fingerprint density at radius 3 is 1.00 bits per heavy atom. The van der Waals surface area contributed by atoms with Gasteiger partial charge in [-0.25, -0.2) is 9.59 Å². The summed E-state index contributed by atoms with van der Waals surface area (Å²) in [6.07, 6.45) is 0. The maximum atomic E-state index is 11.1. The summed E-state index contributed by atoms with van der Waals surface area (Å²) < 4.78 is 0. The molecule has 0 radical (unpaired) electrons. The molecule has 4 heteroatoms. The predicted octanol–water partition coefficient (Wildman–Crippen LogP) is 2.32. The molecule has 16 heavy (non-hydrogen) atoms. The van der Waals surface area contributed by atoms with E-state index in [9.17, 15) is 9.59 Å². The Bertz CT molecular complexity index is 412. The molecule has 86 valence electrons. The predicted molar refractivity (Wildman–Crippen MR) is 59.3 cm³/mol. The van der Waals surface area contributed by atoms with Crippen molar-refractivity contribution in [1.82, 2.24) is 0 Å². The largest absolute Gasteiger partial charge is 0.478 e. The highest BCUT2D eigenvalue weighted by molar-refractivity contribution is 5.97. The van der Waals surface area contributed by atoms with E-state index < -0.39 is 11.9 Å². The van der Waals surface area contributed by atoms with Gasteiger partial charge in [-0.3, -0.25) is 0 Å². The maximum Gasteiger partial charge on any atom is 0.336 e. The van der Waals surface area contributed by atoms with Gasteiger partial charge in [-0.05, 0) is 49.9 Å². The van der Waals surface area contributed by atoms with Crippen molar-refractivity contribution in [3.05, 3.63) is 33.4 Å². The lowest BCUT2D eigenvalue weighted by Gasteiger charge is -2.15. The van der Waals surface area contributed by atoms with Crippen LogP contribution in [0, 0.1) is 27.7 Å². The molecule has 0 bridgehead atoms. The van der Waals surface area contributed by atoms with E-state index in [0.29, 0.717) is 22.3 Å². The topological polar surface area (TPSA) is 74.6 Å². The number of carboxylic acid groups (broad SMARTS) is 2. The first-order chi connectivity index (χ1) is 7.29. The fraction of sp³-hybridized carbons (Fsp3) is 0.333. The van der Waals surface area contributed by atoms with Crippen LogP contribution in [0.3, 0.4) is 0 Å². The third-order valence-corrected chi connectivity index (χ3v) is 3.05. The van der Waals surface area contributed by atoms with Crippen molar-refractivity contribution >= 4 is 11.9 Å². The summed E-state index contributed by atoms with van der Waals surface area (Å²) in [6.45, 7) is 6.55. The van der Waals surface area contributed by atoms with E-state index in [1.807, 2.05) is 0 Å². The smallest absolute Gasteiger partial charge is 0.336 e. The SMILES string of the molecule is Cc1c(C)c(C(=O)O)c(C)c(C)c1C(=O)O. The van der Waals surface area contributed by atoms with E-state index >= 15 is 0 Å². The first-order valence-electron chi connectivity index (χ1n) is 4.86. The van der Waals surface area contributed by atoms with E-state index in [2.05, 4.69) is 0 Å². The molecule has 1 rings (SSSR count). The van der Waals surface area contributed by atoms with Crippen LogP contribution in [0.25, 0.3) is 0 Å². The summed E-state index contributed by atoms with van der Waals surface area (Å²) in [4.78, 5) is 22.2. The van der Waals surface area contributed by atoms with Crippen LogP contribution in [0.2, 0.25) is 0 Å². The minimum atomic E-state index is -1.02. The van der Waals surface area contributed by atoms with Crippen molar-refractivity contribution in [3.63, 3.8) is 0 Å². The Labute approximate surface area is 93.5 Å². The van der Waals surface area contributed by atoms with Crippen LogP contribution in [-0.2, 0) is 0 Å². The normalized spacial score (nSPS) is 10.2. The number of carbonyl (C=O) groups is 2. The number of carboxylic acids is 2. The summed E-state index contributed by atoms with van der Waals surface area (Å²) in [5.74, 6) is -2.03. The van der Waals surface area contributed by atoms with E-state index in [-0.39, 0.29) is 11.1 Å². The van der Waals surface area contributed by atoms with Crippen LogP contribution >= 0.6 is 0 Å². The van der Waals surface area contributed by atoms with Crippen LogP contribution in [0.4, 0.5) is 0 Å². The third kappa shape index (κ3) is 1.66. The Hall–Kier alpha value is -1.84. The van der Waals surface area contributed by atoms with Gasteiger partial charge < -0.3 is 10.2 Å². The van der Waals surface area contributed by atoms with Crippen LogP contribution in [0.1, 0.15) is 43.0 Å². The summed E-state index contributed by atoms with van der Waals surface area (Å²) in [6, 6.07) is 0. The zero-order valence-electron chi connectivity index (χ0n) is 9.71. The average Bonchev–Trinajstić information content (AvgIpc) is 2.14. The highest BCUT2D eigenvalue weighted by Crippen LogP contribution is 2.26. The Kier molecular flexibility index (Phi) is 3.03. The van der Waals surface area contributed by atoms with Gasteiger partial charge in [-0.15, -0.1) is 0 Å². The monoisotopic (exact) mass is 222 g/mol. The maximum absolute atomic E-state index is 11.1. The van der Waals surface area contributed by atoms with Crippen LogP contribution < -0.4 is 0 Å². The van der Waals surface area contributed by atoms with Crippen molar-refractivity contribution < 1.29 is 19.8 Å². The van der Waals surface area contributed by atoms with Crippen LogP contribution in [0.15, 0.2) is 0 Å². The van der Waals surface area contributed by atoms with Crippen molar-refractivity contribution in [3.8, 4) is 0 Å². The number of hydrogen-bond acceptors (Lipinski definition) is 2. The molecule has 0 unspecified atom stereocenters. The van der Waals surface area contributed by atoms with Gasteiger partial charge in [0.1, 0.15) is 0 Å². The van der Waals surface area contributed by atoms with Gasteiger partial charge in [0.15, 0.2) is 0 Å².